The standard InChI is InChI=1S/C20H13Cl2FN2O/c21-12-5-8-14(9-6-12)25-19(15-3-1-2-4-16(15)20(25)26)24-13-7-10-18(23)17(22)11-13/h1-11,19,24H. The van der Waals surface area contributed by atoms with E-state index in [1.807, 2.05) is 18.2 Å². The third-order valence-corrected chi connectivity index (χ3v) is 4.83. The fourth-order valence-corrected chi connectivity index (χ4v) is 3.38. The molecule has 0 saturated carbocycles. The van der Waals surface area contributed by atoms with E-state index in [4.69, 9.17) is 23.2 Å². The maximum atomic E-state index is 13.5. The molecule has 3 nitrogen and oxygen atoms in total. The van der Waals surface area contributed by atoms with E-state index in [1.54, 1.807) is 41.3 Å². The Labute approximate surface area is 160 Å². The summed E-state index contributed by atoms with van der Waals surface area (Å²) in [5, 5.41) is 3.89. The second-order valence-electron chi connectivity index (χ2n) is 5.91. The molecule has 1 amide bonds. The predicted octanol–water partition coefficient (Wildman–Crippen LogP) is 5.90. The van der Waals surface area contributed by atoms with Gasteiger partial charge >= 0.3 is 0 Å². The van der Waals surface area contributed by atoms with Gasteiger partial charge in [-0.15, -0.1) is 0 Å². The maximum Gasteiger partial charge on any atom is 0.260 e. The Hall–Kier alpha value is -2.56. The van der Waals surface area contributed by atoms with E-state index in [-0.39, 0.29) is 10.9 Å². The lowest BCUT2D eigenvalue weighted by Crippen LogP contribution is -2.32. The number of anilines is 2. The van der Waals surface area contributed by atoms with Crippen molar-refractivity contribution in [3.8, 4) is 0 Å². The van der Waals surface area contributed by atoms with Crippen molar-refractivity contribution in [2.24, 2.45) is 0 Å². The first-order valence-corrected chi connectivity index (χ1v) is 8.70. The van der Waals surface area contributed by atoms with Crippen molar-refractivity contribution in [2.45, 2.75) is 6.17 Å². The van der Waals surface area contributed by atoms with E-state index in [0.717, 1.165) is 5.56 Å². The summed E-state index contributed by atoms with van der Waals surface area (Å²) >= 11 is 11.9. The molecule has 1 N–H and O–H groups in total. The molecule has 0 radical (unpaired) electrons. The van der Waals surface area contributed by atoms with Gasteiger partial charge in [-0.1, -0.05) is 41.4 Å². The molecular formula is C20H13Cl2FN2O. The summed E-state index contributed by atoms with van der Waals surface area (Å²) in [6, 6.07) is 18.8. The fourth-order valence-electron chi connectivity index (χ4n) is 3.07. The number of nitrogens with one attached hydrogen (secondary N) is 1. The summed E-state index contributed by atoms with van der Waals surface area (Å²) in [4.78, 5) is 14.6. The van der Waals surface area contributed by atoms with Crippen LogP contribution in [-0.4, -0.2) is 5.91 Å². The summed E-state index contributed by atoms with van der Waals surface area (Å²) in [5.74, 6) is -0.608. The Balaban J connectivity index is 1.77. The minimum Gasteiger partial charge on any atom is -0.361 e. The number of hydrogen-bond acceptors (Lipinski definition) is 2. The van der Waals surface area contributed by atoms with Crippen molar-refractivity contribution in [1.82, 2.24) is 0 Å². The van der Waals surface area contributed by atoms with Gasteiger partial charge in [0.15, 0.2) is 0 Å². The Bertz CT molecular complexity index is 991. The minimum absolute atomic E-state index is 0.0191. The summed E-state index contributed by atoms with van der Waals surface area (Å²) in [5.41, 5.74) is 2.78. The van der Waals surface area contributed by atoms with Crippen LogP contribution in [0.15, 0.2) is 66.7 Å². The third-order valence-electron chi connectivity index (χ3n) is 4.29. The average molecular weight is 387 g/mol. The van der Waals surface area contributed by atoms with Crippen LogP contribution in [0.2, 0.25) is 10.0 Å². The molecule has 26 heavy (non-hydrogen) atoms. The molecule has 3 aromatic rings. The monoisotopic (exact) mass is 386 g/mol. The number of carbonyl (C=O) groups excluding carboxylic acids is 1. The van der Waals surface area contributed by atoms with Crippen LogP contribution in [0.5, 0.6) is 0 Å². The van der Waals surface area contributed by atoms with E-state index < -0.39 is 12.0 Å². The lowest BCUT2D eigenvalue weighted by atomic mass is 10.1. The Morgan fingerprint density at radius 3 is 2.42 bits per heavy atom. The summed E-state index contributed by atoms with van der Waals surface area (Å²) in [6.45, 7) is 0. The number of fused-ring (bicyclic) bond motifs is 1. The molecule has 1 unspecified atom stereocenters. The largest absolute Gasteiger partial charge is 0.361 e. The first-order chi connectivity index (χ1) is 12.5. The van der Waals surface area contributed by atoms with Gasteiger partial charge < -0.3 is 5.32 Å². The van der Waals surface area contributed by atoms with Gasteiger partial charge in [0.2, 0.25) is 0 Å². The fraction of sp³-hybridized carbons (Fsp3) is 0.0500. The number of amides is 1. The van der Waals surface area contributed by atoms with Crippen LogP contribution >= 0.6 is 23.2 Å². The van der Waals surface area contributed by atoms with Crippen LogP contribution in [0.1, 0.15) is 22.1 Å². The molecule has 4 rings (SSSR count). The van der Waals surface area contributed by atoms with E-state index in [2.05, 4.69) is 5.32 Å². The van der Waals surface area contributed by atoms with Gasteiger partial charge in [0.05, 0.1) is 5.02 Å². The first kappa shape index (κ1) is 16.9. The molecule has 6 heteroatoms. The van der Waals surface area contributed by atoms with Crippen LogP contribution in [0, 0.1) is 5.82 Å². The van der Waals surface area contributed by atoms with Crippen LogP contribution in [0.25, 0.3) is 0 Å². The smallest absolute Gasteiger partial charge is 0.260 e. The van der Waals surface area contributed by atoms with Gasteiger partial charge in [0.25, 0.3) is 5.91 Å². The number of benzene rings is 3. The summed E-state index contributed by atoms with van der Waals surface area (Å²) in [7, 11) is 0. The van der Waals surface area contributed by atoms with Crippen molar-refractivity contribution in [1.29, 1.82) is 0 Å². The Morgan fingerprint density at radius 1 is 0.962 bits per heavy atom. The summed E-state index contributed by atoms with van der Waals surface area (Å²) < 4.78 is 13.5. The van der Waals surface area contributed by atoms with E-state index in [0.29, 0.717) is 22.0 Å². The van der Waals surface area contributed by atoms with Gasteiger partial charge in [0.1, 0.15) is 12.0 Å². The molecular weight excluding hydrogens is 374 g/mol. The molecule has 0 fully saturated rings. The highest BCUT2D eigenvalue weighted by Crippen LogP contribution is 2.38. The number of rotatable bonds is 3. The van der Waals surface area contributed by atoms with E-state index in [9.17, 15) is 9.18 Å². The SMILES string of the molecule is O=C1c2ccccc2C(Nc2ccc(F)c(Cl)c2)N1c1ccc(Cl)cc1. The highest BCUT2D eigenvalue weighted by Gasteiger charge is 2.37. The highest BCUT2D eigenvalue weighted by molar-refractivity contribution is 6.31. The molecule has 0 saturated heterocycles. The molecule has 1 aliphatic heterocycles. The van der Waals surface area contributed by atoms with Gasteiger partial charge in [-0.2, -0.15) is 0 Å². The molecule has 0 bridgehead atoms. The van der Waals surface area contributed by atoms with Gasteiger partial charge in [-0.05, 0) is 48.5 Å². The molecule has 3 aromatic carbocycles. The second-order valence-corrected chi connectivity index (χ2v) is 6.76. The van der Waals surface area contributed by atoms with Crippen LogP contribution in [-0.2, 0) is 0 Å². The van der Waals surface area contributed by atoms with Gasteiger partial charge in [0, 0.05) is 27.5 Å². The van der Waals surface area contributed by atoms with E-state index in [1.165, 1.54) is 12.1 Å². The van der Waals surface area contributed by atoms with Crippen molar-refractivity contribution < 1.29 is 9.18 Å². The molecule has 0 aromatic heterocycles. The number of carbonyl (C=O) groups is 1. The highest BCUT2D eigenvalue weighted by atomic mass is 35.5. The quantitative estimate of drug-likeness (QED) is 0.607. The third kappa shape index (κ3) is 2.91. The van der Waals surface area contributed by atoms with Gasteiger partial charge in [-0.3, -0.25) is 9.69 Å². The molecule has 130 valence electrons. The predicted molar refractivity (Wildman–Crippen MR) is 102 cm³/mol. The number of halogens is 3. The molecule has 1 atom stereocenters. The number of hydrogen-bond donors (Lipinski definition) is 1. The van der Waals surface area contributed by atoms with Crippen LogP contribution in [0.4, 0.5) is 15.8 Å². The molecule has 0 aliphatic carbocycles. The minimum atomic E-state index is -0.491. The van der Waals surface area contributed by atoms with Crippen molar-refractivity contribution >= 4 is 40.5 Å². The lowest BCUT2D eigenvalue weighted by Gasteiger charge is -2.27. The lowest BCUT2D eigenvalue weighted by molar-refractivity contribution is 0.0993. The Morgan fingerprint density at radius 2 is 1.69 bits per heavy atom. The van der Waals surface area contributed by atoms with E-state index >= 15 is 0 Å². The average Bonchev–Trinajstić information content (AvgIpc) is 2.92. The zero-order valence-electron chi connectivity index (χ0n) is 13.4. The maximum absolute atomic E-state index is 13.5. The number of nitrogens with zero attached hydrogens (tertiary/aromatic N) is 1. The normalized spacial score (nSPS) is 15.9. The zero-order valence-corrected chi connectivity index (χ0v) is 14.9. The Kier molecular flexibility index (Phi) is 4.31. The van der Waals surface area contributed by atoms with Gasteiger partial charge in [-0.25, -0.2) is 4.39 Å². The zero-order chi connectivity index (χ0) is 18.3. The first-order valence-electron chi connectivity index (χ1n) is 7.94. The second kappa shape index (κ2) is 6.63. The topological polar surface area (TPSA) is 32.3 Å². The van der Waals surface area contributed by atoms with Crippen molar-refractivity contribution in [2.75, 3.05) is 10.2 Å². The molecule has 0 spiro atoms. The van der Waals surface area contributed by atoms with Crippen LogP contribution in [0.3, 0.4) is 0 Å². The molecule has 1 heterocycles. The summed E-state index contributed by atoms with van der Waals surface area (Å²) in [6.07, 6.45) is -0.443. The van der Waals surface area contributed by atoms with Crippen molar-refractivity contribution in [3.63, 3.8) is 0 Å². The van der Waals surface area contributed by atoms with Crippen LogP contribution < -0.4 is 10.2 Å². The molecule has 1 aliphatic rings. The van der Waals surface area contributed by atoms with Crippen molar-refractivity contribution in [3.05, 3.63) is 93.7 Å².